The molecule has 0 amide bonds. The third-order valence-electron chi connectivity index (χ3n) is 3.22. The second-order valence-corrected chi connectivity index (χ2v) is 5.20. The zero-order chi connectivity index (χ0) is 15.4. The summed E-state index contributed by atoms with van der Waals surface area (Å²) in [5, 5.41) is 4.14. The van der Waals surface area contributed by atoms with E-state index >= 15 is 0 Å². The van der Waals surface area contributed by atoms with Gasteiger partial charge in [0, 0.05) is 6.54 Å². The number of aromatic nitrogens is 2. The number of nitrogens with zero attached hydrogens (tertiary/aromatic N) is 3. The van der Waals surface area contributed by atoms with Gasteiger partial charge in [0.05, 0.1) is 17.2 Å². The molecule has 3 rings (SSSR count). The summed E-state index contributed by atoms with van der Waals surface area (Å²) in [5.41, 5.74) is 11.1. The maximum absolute atomic E-state index is 5.37. The van der Waals surface area contributed by atoms with Crippen molar-refractivity contribution < 1.29 is 0 Å². The Morgan fingerprint density at radius 2 is 1.91 bits per heavy atom. The minimum absolute atomic E-state index is 0.127. The van der Waals surface area contributed by atoms with E-state index in [1.807, 2.05) is 42.5 Å². The molecule has 3 aromatic rings. The third-order valence-corrected chi connectivity index (χ3v) is 3.31. The summed E-state index contributed by atoms with van der Waals surface area (Å²) in [5.74, 6) is 0.744. The Morgan fingerprint density at radius 3 is 2.68 bits per heavy atom. The van der Waals surface area contributed by atoms with E-state index in [1.165, 1.54) is 5.56 Å². The highest BCUT2D eigenvalue weighted by molar-refractivity contribution is 7.80. The Bertz CT molecular complexity index is 823. The smallest absolute Gasteiger partial charge is 0.184 e. The van der Waals surface area contributed by atoms with E-state index in [0.717, 1.165) is 23.4 Å². The summed E-state index contributed by atoms with van der Waals surface area (Å²) < 4.78 is 2.11. The van der Waals surface area contributed by atoms with Gasteiger partial charge in [0.2, 0.25) is 0 Å². The molecule has 0 saturated heterocycles. The topological polar surface area (TPSA) is 68.2 Å². The van der Waals surface area contributed by atoms with Crippen LogP contribution in [-0.2, 0) is 6.54 Å². The van der Waals surface area contributed by atoms with Crippen LogP contribution in [0.25, 0.3) is 11.0 Å². The molecule has 6 heteroatoms. The minimum Gasteiger partial charge on any atom is -0.375 e. The molecule has 0 saturated carbocycles. The highest BCUT2D eigenvalue weighted by Gasteiger charge is 2.09. The average molecular weight is 309 g/mol. The zero-order valence-corrected chi connectivity index (χ0v) is 12.6. The van der Waals surface area contributed by atoms with Gasteiger partial charge in [-0.25, -0.2) is 4.98 Å². The fourth-order valence-electron chi connectivity index (χ4n) is 2.28. The van der Waals surface area contributed by atoms with Crippen LogP contribution in [0.4, 0.5) is 0 Å². The van der Waals surface area contributed by atoms with Crippen molar-refractivity contribution in [2.45, 2.75) is 6.54 Å². The van der Waals surface area contributed by atoms with Gasteiger partial charge in [-0.2, -0.15) is 5.10 Å². The van der Waals surface area contributed by atoms with E-state index in [-0.39, 0.29) is 5.11 Å². The fourth-order valence-corrected chi connectivity index (χ4v) is 2.33. The molecule has 0 aliphatic heterocycles. The zero-order valence-electron chi connectivity index (χ0n) is 11.8. The van der Waals surface area contributed by atoms with Crippen LogP contribution in [0.2, 0.25) is 0 Å². The maximum atomic E-state index is 5.37. The molecule has 110 valence electrons. The number of imidazole rings is 1. The van der Waals surface area contributed by atoms with E-state index in [1.54, 1.807) is 6.21 Å². The molecule has 0 radical (unpaired) electrons. The first-order valence-electron chi connectivity index (χ1n) is 6.82. The normalized spacial score (nSPS) is 11.1. The number of hydrogen-bond donors (Lipinski definition) is 2. The Morgan fingerprint density at radius 1 is 1.18 bits per heavy atom. The molecule has 2 aromatic carbocycles. The second-order valence-electron chi connectivity index (χ2n) is 4.76. The van der Waals surface area contributed by atoms with Gasteiger partial charge >= 0.3 is 0 Å². The first kappa shape index (κ1) is 14.2. The van der Waals surface area contributed by atoms with Crippen molar-refractivity contribution in [1.82, 2.24) is 15.0 Å². The highest BCUT2D eigenvalue weighted by atomic mass is 32.1. The Labute approximate surface area is 133 Å². The van der Waals surface area contributed by atoms with Gasteiger partial charge in [-0.1, -0.05) is 42.5 Å². The summed E-state index contributed by atoms with van der Waals surface area (Å²) in [7, 11) is 0. The number of fused-ring (bicyclic) bond motifs is 1. The summed E-state index contributed by atoms with van der Waals surface area (Å²) in [6, 6.07) is 18.2. The van der Waals surface area contributed by atoms with Gasteiger partial charge in [-0.15, -0.1) is 0 Å². The minimum atomic E-state index is 0.127. The summed E-state index contributed by atoms with van der Waals surface area (Å²) in [4.78, 5) is 4.60. The van der Waals surface area contributed by atoms with E-state index < -0.39 is 0 Å². The van der Waals surface area contributed by atoms with Crippen LogP contribution < -0.4 is 11.2 Å². The Hall–Kier alpha value is -2.73. The molecule has 0 spiro atoms. The number of para-hydroxylation sites is 2. The molecule has 0 fully saturated rings. The number of hydrazone groups is 1. The average Bonchev–Trinajstić information content (AvgIpc) is 2.86. The number of rotatable bonds is 4. The monoisotopic (exact) mass is 309 g/mol. The molecule has 0 unspecified atom stereocenters. The van der Waals surface area contributed by atoms with Crippen LogP contribution >= 0.6 is 12.2 Å². The van der Waals surface area contributed by atoms with E-state index in [0.29, 0.717) is 0 Å². The van der Waals surface area contributed by atoms with Crippen molar-refractivity contribution in [1.29, 1.82) is 0 Å². The molecule has 0 atom stereocenters. The number of thiocarbonyl (C=S) groups is 1. The Kier molecular flexibility index (Phi) is 4.11. The van der Waals surface area contributed by atoms with Crippen molar-refractivity contribution in [3.05, 3.63) is 66.0 Å². The van der Waals surface area contributed by atoms with Crippen LogP contribution in [0.15, 0.2) is 59.7 Å². The lowest BCUT2D eigenvalue weighted by atomic mass is 10.2. The van der Waals surface area contributed by atoms with Crippen molar-refractivity contribution in [2.75, 3.05) is 0 Å². The maximum Gasteiger partial charge on any atom is 0.184 e. The van der Waals surface area contributed by atoms with Crippen molar-refractivity contribution in [3.63, 3.8) is 0 Å². The standard InChI is InChI=1S/C16H15N5S/c17-16(22)20-18-10-15-19-13-8-4-5-9-14(13)21(15)11-12-6-2-1-3-7-12/h1-10H,11H2,(H3,17,20,22). The molecule has 1 heterocycles. The third kappa shape index (κ3) is 3.12. The number of benzene rings is 2. The van der Waals surface area contributed by atoms with Crippen LogP contribution in [0.3, 0.4) is 0 Å². The molecule has 0 aliphatic carbocycles. The summed E-state index contributed by atoms with van der Waals surface area (Å²) in [6.07, 6.45) is 1.63. The predicted octanol–water partition coefficient (Wildman–Crippen LogP) is 2.25. The second kappa shape index (κ2) is 6.36. The van der Waals surface area contributed by atoms with E-state index in [9.17, 15) is 0 Å². The molecule has 22 heavy (non-hydrogen) atoms. The fraction of sp³-hybridized carbons (Fsp3) is 0.0625. The van der Waals surface area contributed by atoms with Crippen molar-refractivity contribution in [3.8, 4) is 0 Å². The lowest BCUT2D eigenvalue weighted by molar-refractivity contribution is 0.815. The van der Waals surface area contributed by atoms with E-state index in [2.05, 4.69) is 32.2 Å². The lowest BCUT2D eigenvalue weighted by Gasteiger charge is -2.07. The summed E-state index contributed by atoms with van der Waals surface area (Å²) in [6.45, 7) is 0.718. The quantitative estimate of drug-likeness (QED) is 0.441. The SMILES string of the molecule is NC(=S)NN=Cc1nc2ccccc2n1Cc1ccccc1. The van der Waals surface area contributed by atoms with Crippen molar-refractivity contribution >= 4 is 34.6 Å². The molecular weight excluding hydrogens is 294 g/mol. The van der Waals surface area contributed by atoms with Crippen molar-refractivity contribution in [2.24, 2.45) is 10.8 Å². The Balaban J connectivity index is 2.01. The van der Waals surface area contributed by atoms with Gasteiger partial charge < -0.3 is 10.3 Å². The first-order valence-corrected chi connectivity index (χ1v) is 7.22. The molecule has 3 N–H and O–H groups in total. The molecule has 5 nitrogen and oxygen atoms in total. The first-order chi connectivity index (χ1) is 10.7. The van der Waals surface area contributed by atoms with Gasteiger partial charge in [0.25, 0.3) is 0 Å². The molecular formula is C16H15N5S. The predicted molar refractivity (Wildman–Crippen MR) is 92.8 cm³/mol. The van der Waals surface area contributed by atoms with Gasteiger partial charge in [-0.05, 0) is 29.9 Å². The largest absolute Gasteiger partial charge is 0.375 e. The van der Waals surface area contributed by atoms with Crippen LogP contribution in [0, 0.1) is 0 Å². The number of hydrogen-bond acceptors (Lipinski definition) is 3. The van der Waals surface area contributed by atoms with Crippen LogP contribution in [0.5, 0.6) is 0 Å². The number of nitrogens with two attached hydrogens (primary N) is 1. The van der Waals surface area contributed by atoms with Gasteiger partial charge in [-0.3, -0.25) is 5.43 Å². The van der Waals surface area contributed by atoms with Crippen LogP contribution in [-0.4, -0.2) is 20.9 Å². The molecule has 0 aliphatic rings. The van der Waals surface area contributed by atoms with Crippen LogP contribution in [0.1, 0.15) is 11.4 Å². The van der Waals surface area contributed by atoms with Gasteiger partial charge in [0.15, 0.2) is 10.9 Å². The summed E-state index contributed by atoms with van der Waals surface area (Å²) >= 11 is 4.74. The van der Waals surface area contributed by atoms with Gasteiger partial charge in [0.1, 0.15) is 0 Å². The molecule has 0 bridgehead atoms. The molecule has 1 aromatic heterocycles. The highest BCUT2D eigenvalue weighted by Crippen LogP contribution is 2.17. The number of nitrogens with one attached hydrogen (secondary N) is 1. The lowest BCUT2D eigenvalue weighted by Crippen LogP contribution is -2.24. The van der Waals surface area contributed by atoms with E-state index in [4.69, 9.17) is 18.0 Å².